The summed E-state index contributed by atoms with van der Waals surface area (Å²) in [5.41, 5.74) is 0.460. The largest absolute Gasteiger partial charge is 0.490 e. The predicted octanol–water partition coefficient (Wildman–Crippen LogP) is 3.08. The van der Waals surface area contributed by atoms with Crippen molar-refractivity contribution in [2.45, 2.75) is 0 Å². The lowest BCUT2D eigenvalue weighted by molar-refractivity contribution is 0.0450. The van der Waals surface area contributed by atoms with E-state index >= 15 is 0 Å². The second-order valence-electron chi connectivity index (χ2n) is 3.66. The third kappa shape index (κ3) is 4.37. The zero-order valence-corrected chi connectivity index (χ0v) is 11.7. The van der Waals surface area contributed by atoms with Gasteiger partial charge >= 0.3 is 5.97 Å². The molecule has 1 aromatic carbocycles. The van der Waals surface area contributed by atoms with Gasteiger partial charge < -0.3 is 9.47 Å². The molecule has 2 rings (SSSR count). The Kier molecular flexibility index (Phi) is 4.92. The van der Waals surface area contributed by atoms with Gasteiger partial charge in [-0.2, -0.15) is 0 Å². The fourth-order valence-corrected chi connectivity index (χ4v) is 1.79. The van der Waals surface area contributed by atoms with E-state index in [0.717, 1.165) is 5.75 Å². The lowest BCUT2D eigenvalue weighted by atomic mass is 10.3. The summed E-state index contributed by atoms with van der Waals surface area (Å²) in [6.45, 7) is 0.523. The van der Waals surface area contributed by atoms with Crippen molar-refractivity contribution >= 4 is 21.9 Å². The molecule has 98 valence electrons. The standard InChI is InChI=1S/C14H12BrNO3/c15-13-10-11(6-7-16-13)14(17)19-9-8-18-12-4-2-1-3-5-12/h1-7,10H,8-9H2. The van der Waals surface area contributed by atoms with Gasteiger partial charge in [-0.05, 0) is 40.2 Å². The molecule has 0 fully saturated rings. The maximum absolute atomic E-state index is 11.7. The molecule has 2 aromatic rings. The van der Waals surface area contributed by atoms with E-state index < -0.39 is 0 Å². The lowest BCUT2D eigenvalue weighted by Crippen LogP contribution is -2.12. The molecule has 0 aliphatic heterocycles. The summed E-state index contributed by atoms with van der Waals surface area (Å²) in [7, 11) is 0. The normalized spacial score (nSPS) is 9.95. The highest BCUT2D eigenvalue weighted by Crippen LogP contribution is 2.10. The Balaban J connectivity index is 1.75. The number of benzene rings is 1. The van der Waals surface area contributed by atoms with E-state index in [-0.39, 0.29) is 12.6 Å². The minimum atomic E-state index is -0.389. The lowest BCUT2D eigenvalue weighted by Gasteiger charge is -2.07. The molecule has 0 N–H and O–H groups in total. The monoisotopic (exact) mass is 321 g/mol. The predicted molar refractivity (Wildman–Crippen MR) is 74.2 cm³/mol. The molecular formula is C14H12BrNO3. The molecule has 4 nitrogen and oxygen atoms in total. The van der Waals surface area contributed by atoms with E-state index in [9.17, 15) is 4.79 Å². The Morgan fingerprint density at radius 3 is 2.68 bits per heavy atom. The van der Waals surface area contributed by atoms with E-state index in [0.29, 0.717) is 16.8 Å². The quantitative estimate of drug-likeness (QED) is 0.482. The molecule has 19 heavy (non-hydrogen) atoms. The second kappa shape index (κ2) is 6.89. The number of carbonyl (C=O) groups excluding carboxylic acids is 1. The Morgan fingerprint density at radius 1 is 1.16 bits per heavy atom. The molecule has 1 heterocycles. The van der Waals surface area contributed by atoms with Gasteiger partial charge in [0.1, 0.15) is 23.6 Å². The maximum Gasteiger partial charge on any atom is 0.338 e. The number of ether oxygens (including phenoxy) is 2. The number of halogens is 1. The highest BCUT2D eigenvalue weighted by Gasteiger charge is 2.07. The molecular weight excluding hydrogens is 310 g/mol. The van der Waals surface area contributed by atoms with Crippen LogP contribution in [0.4, 0.5) is 0 Å². The minimum Gasteiger partial charge on any atom is -0.490 e. The van der Waals surface area contributed by atoms with Crippen LogP contribution in [0.2, 0.25) is 0 Å². The van der Waals surface area contributed by atoms with Crippen molar-refractivity contribution in [2.75, 3.05) is 13.2 Å². The molecule has 1 aromatic heterocycles. The molecule has 0 amide bonds. The van der Waals surface area contributed by atoms with Crippen LogP contribution < -0.4 is 4.74 Å². The zero-order chi connectivity index (χ0) is 13.5. The number of para-hydroxylation sites is 1. The molecule has 0 radical (unpaired) electrons. The molecule has 0 bridgehead atoms. The highest BCUT2D eigenvalue weighted by atomic mass is 79.9. The van der Waals surface area contributed by atoms with Crippen molar-refractivity contribution in [3.8, 4) is 5.75 Å². The maximum atomic E-state index is 11.7. The van der Waals surface area contributed by atoms with Crippen LogP contribution in [0.25, 0.3) is 0 Å². The van der Waals surface area contributed by atoms with Crippen molar-refractivity contribution in [1.29, 1.82) is 0 Å². The van der Waals surface area contributed by atoms with E-state index in [1.54, 1.807) is 18.3 Å². The molecule has 0 saturated carbocycles. The first-order chi connectivity index (χ1) is 9.25. The summed E-state index contributed by atoms with van der Waals surface area (Å²) in [5.74, 6) is 0.366. The molecule has 5 heteroatoms. The van der Waals surface area contributed by atoms with Gasteiger partial charge in [0.2, 0.25) is 0 Å². The van der Waals surface area contributed by atoms with Gasteiger partial charge in [-0.25, -0.2) is 9.78 Å². The van der Waals surface area contributed by atoms with Crippen molar-refractivity contribution in [3.63, 3.8) is 0 Å². The van der Waals surface area contributed by atoms with Gasteiger partial charge in [0.15, 0.2) is 0 Å². The summed E-state index contributed by atoms with van der Waals surface area (Å²) in [6, 6.07) is 12.6. The number of hydrogen-bond acceptors (Lipinski definition) is 4. The van der Waals surface area contributed by atoms with Crippen molar-refractivity contribution in [3.05, 3.63) is 58.8 Å². The average Bonchev–Trinajstić information content (AvgIpc) is 2.44. The van der Waals surface area contributed by atoms with Gasteiger partial charge in [0.25, 0.3) is 0 Å². The minimum absolute atomic E-state index is 0.202. The number of pyridine rings is 1. The third-order valence-electron chi connectivity index (χ3n) is 2.29. The van der Waals surface area contributed by atoms with Gasteiger partial charge in [0.05, 0.1) is 5.56 Å². The van der Waals surface area contributed by atoms with E-state index in [2.05, 4.69) is 20.9 Å². The van der Waals surface area contributed by atoms with Crippen LogP contribution in [0.1, 0.15) is 10.4 Å². The average molecular weight is 322 g/mol. The van der Waals surface area contributed by atoms with Crippen LogP contribution in [-0.2, 0) is 4.74 Å². The van der Waals surface area contributed by atoms with Gasteiger partial charge in [-0.3, -0.25) is 0 Å². The fraction of sp³-hybridized carbons (Fsp3) is 0.143. The summed E-state index contributed by atoms with van der Waals surface area (Å²) >= 11 is 3.20. The molecule has 0 spiro atoms. The Hall–Kier alpha value is -1.88. The van der Waals surface area contributed by atoms with Crippen LogP contribution in [0.5, 0.6) is 5.75 Å². The van der Waals surface area contributed by atoms with Gasteiger partial charge in [-0.1, -0.05) is 18.2 Å². The van der Waals surface area contributed by atoms with Crippen LogP contribution in [0.3, 0.4) is 0 Å². The van der Waals surface area contributed by atoms with Crippen LogP contribution in [0.15, 0.2) is 53.3 Å². The summed E-state index contributed by atoms with van der Waals surface area (Å²) < 4.78 is 11.1. The number of nitrogens with zero attached hydrogens (tertiary/aromatic N) is 1. The fourth-order valence-electron chi connectivity index (χ4n) is 1.42. The van der Waals surface area contributed by atoms with Gasteiger partial charge in [0, 0.05) is 6.20 Å². The van der Waals surface area contributed by atoms with Crippen molar-refractivity contribution in [1.82, 2.24) is 4.98 Å². The molecule has 0 saturated heterocycles. The Morgan fingerprint density at radius 2 is 1.95 bits per heavy atom. The zero-order valence-electron chi connectivity index (χ0n) is 10.1. The van der Waals surface area contributed by atoms with Crippen molar-refractivity contribution < 1.29 is 14.3 Å². The first-order valence-electron chi connectivity index (χ1n) is 5.72. The SMILES string of the molecule is O=C(OCCOc1ccccc1)c1ccnc(Br)c1. The first kappa shape index (κ1) is 13.5. The van der Waals surface area contributed by atoms with Crippen LogP contribution >= 0.6 is 15.9 Å². The number of hydrogen-bond donors (Lipinski definition) is 0. The summed E-state index contributed by atoms with van der Waals surface area (Å²) in [5, 5.41) is 0. The number of carbonyl (C=O) groups is 1. The topological polar surface area (TPSA) is 48.4 Å². The Bertz CT molecular complexity index is 545. The smallest absolute Gasteiger partial charge is 0.338 e. The second-order valence-corrected chi connectivity index (χ2v) is 4.48. The van der Waals surface area contributed by atoms with Crippen molar-refractivity contribution in [2.24, 2.45) is 0 Å². The highest BCUT2D eigenvalue weighted by molar-refractivity contribution is 9.10. The molecule has 0 unspecified atom stereocenters. The summed E-state index contributed by atoms with van der Waals surface area (Å²) in [6.07, 6.45) is 1.54. The van der Waals surface area contributed by atoms with Crippen LogP contribution in [0, 0.1) is 0 Å². The van der Waals surface area contributed by atoms with E-state index in [1.165, 1.54) is 0 Å². The molecule has 0 aliphatic rings. The molecule has 0 atom stereocenters. The third-order valence-corrected chi connectivity index (χ3v) is 2.72. The van der Waals surface area contributed by atoms with Crippen LogP contribution in [-0.4, -0.2) is 24.2 Å². The molecule has 0 aliphatic carbocycles. The Labute approximate surface area is 119 Å². The number of esters is 1. The first-order valence-corrected chi connectivity index (χ1v) is 6.51. The van der Waals surface area contributed by atoms with E-state index in [4.69, 9.17) is 9.47 Å². The van der Waals surface area contributed by atoms with E-state index in [1.807, 2.05) is 30.3 Å². The summed E-state index contributed by atoms with van der Waals surface area (Å²) in [4.78, 5) is 15.6. The number of aromatic nitrogens is 1. The van der Waals surface area contributed by atoms with Gasteiger partial charge in [-0.15, -0.1) is 0 Å². The number of rotatable bonds is 5.